The van der Waals surface area contributed by atoms with Gasteiger partial charge in [0.2, 0.25) is 5.91 Å². The second kappa shape index (κ2) is 6.60. The van der Waals surface area contributed by atoms with Crippen LogP contribution in [0.4, 0.5) is 0 Å². The summed E-state index contributed by atoms with van der Waals surface area (Å²) in [5, 5.41) is 12.3. The highest BCUT2D eigenvalue weighted by atomic mass is 32.2. The zero-order chi connectivity index (χ0) is 13.7. The third kappa shape index (κ3) is 3.28. The van der Waals surface area contributed by atoms with Crippen molar-refractivity contribution in [1.82, 2.24) is 10.2 Å². The molecule has 0 aromatic heterocycles. The van der Waals surface area contributed by atoms with E-state index in [1.54, 1.807) is 22.7 Å². The summed E-state index contributed by atoms with van der Waals surface area (Å²) in [4.78, 5) is 14.2. The molecule has 0 aliphatic carbocycles. The molecule has 0 radical (unpaired) electrons. The molecule has 19 heavy (non-hydrogen) atoms. The molecule has 0 spiro atoms. The van der Waals surface area contributed by atoms with Crippen LogP contribution in [0, 0.1) is 11.3 Å². The average Bonchev–Trinajstić information content (AvgIpc) is 2.98. The minimum absolute atomic E-state index is 0.0841. The third-order valence-corrected chi connectivity index (χ3v) is 4.15. The van der Waals surface area contributed by atoms with Crippen molar-refractivity contribution >= 4 is 17.7 Å². The molecule has 1 amide bonds. The van der Waals surface area contributed by atoms with Crippen molar-refractivity contribution in [2.75, 3.05) is 18.2 Å². The van der Waals surface area contributed by atoms with Crippen LogP contribution in [0.5, 0.6) is 0 Å². The second-order valence-corrected chi connectivity index (χ2v) is 5.42. The number of nitrogens with zero attached hydrogens (tertiary/aromatic N) is 2. The fourth-order valence-corrected chi connectivity index (χ4v) is 3.03. The van der Waals surface area contributed by atoms with E-state index in [1.165, 1.54) is 0 Å². The first-order valence-electron chi connectivity index (χ1n) is 6.34. The zero-order valence-corrected chi connectivity index (χ0v) is 11.7. The summed E-state index contributed by atoms with van der Waals surface area (Å²) in [5.41, 5.74) is 1.55. The molecule has 1 aliphatic heterocycles. The number of hydrogen-bond acceptors (Lipinski definition) is 4. The Labute approximate surface area is 117 Å². The van der Waals surface area contributed by atoms with Crippen molar-refractivity contribution in [2.45, 2.75) is 19.5 Å². The van der Waals surface area contributed by atoms with E-state index in [0.29, 0.717) is 18.7 Å². The Kier molecular flexibility index (Phi) is 4.83. The summed E-state index contributed by atoms with van der Waals surface area (Å²) in [7, 11) is 0. The maximum absolute atomic E-state index is 12.3. The van der Waals surface area contributed by atoms with Crippen molar-refractivity contribution in [2.24, 2.45) is 0 Å². The Hall–Kier alpha value is -1.51. The van der Waals surface area contributed by atoms with Gasteiger partial charge in [-0.3, -0.25) is 10.1 Å². The average molecular weight is 275 g/mol. The second-order valence-electron chi connectivity index (χ2n) is 4.39. The summed E-state index contributed by atoms with van der Waals surface area (Å²) in [6.45, 7) is 3.12. The number of carbonyl (C=O) groups excluding carboxylic acids is 1. The highest BCUT2D eigenvalue weighted by Crippen LogP contribution is 2.15. The molecule has 0 saturated carbocycles. The van der Waals surface area contributed by atoms with Crippen LogP contribution in [-0.2, 0) is 11.3 Å². The van der Waals surface area contributed by atoms with E-state index < -0.39 is 0 Å². The molecular formula is C14H17N3OS. The van der Waals surface area contributed by atoms with Crippen molar-refractivity contribution < 1.29 is 4.79 Å². The molecule has 1 aromatic rings. The minimum Gasteiger partial charge on any atom is -0.337 e. The van der Waals surface area contributed by atoms with Crippen LogP contribution in [0.2, 0.25) is 0 Å². The van der Waals surface area contributed by atoms with E-state index in [9.17, 15) is 4.79 Å². The van der Waals surface area contributed by atoms with Gasteiger partial charge >= 0.3 is 0 Å². The largest absolute Gasteiger partial charge is 0.337 e. The molecule has 100 valence electrons. The lowest BCUT2D eigenvalue weighted by atomic mass is 10.1. The molecule has 1 unspecified atom stereocenters. The molecule has 0 bridgehead atoms. The molecule has 1 aliphatic rings. The number of benzene rings is 1. The van der Waals surface area contributed by atoms with Gasteiger partial charge in [-0.1, -0.05) is 18.2 Å². The van der Waals surface area contributed by atoms with Gasteiger partial charge in [0.25, 0.3) is 0 Å². The van der Waals surface area contributed by atoms with Gasteiger partial charge in [0.1, 0.15) is 0 Å². The van der Waals surface area contributed by atoms with Crippen molar-refractivity contribution in [3.05, 3.63) is 35.4 Å². The monoisotopic (exact) mass is 275 g/mol. The van der Waals surface area contributed by atoms with E-state index >= 15 is 0 Å². The van der Waals surface area contributed by atoms with E-state index in [2.05, 4.69) is 11.4 Å². The predicted octanol–water partition coefficient (Wildman–Crippen LogP) is 1.57. The number of nitriles is 1. The van der Waals surface area contributed by atoms with Crippen molar-refractivity contribution in [3.63, 3.8) is 0 Å². The number of thioether (sulfide) groups is 1. The van der Waals surface area contributed by atoms with Crippen LogP contribution in [-0.4, -0.2) is 35.0 Å². The molecule has 1 heterocycles. The van der Waals surface area contributed by atoms with Crippen molar-refractivity contribution in [3.8, 4) is 6.07 Å². The number of rotatable bonds is 4. The SMILES string of the molecule is CCN(Cc1ccccc1C#N)C(=O)C1CSCN1. The van der Waals surface area contributed by atoms with Crippen LogP contribution in [0.25, 0.3) is 0 Å². The van der Waals surface area contributed by atoms with Crippen LogP contribution >= 0.6 is 11.8 Å². The molecule has 5 heteroatoms. The number of carbonyl (C=O) groups is 1. The smallest absolute Gasteiger partial charge is 0.240 e. The lowest BCUT2D eigenvalue weighted by molar-refractivity contribution is -0.133. The van der Waals surface area contributed by atoms with Crippen LogP contribution < -0.4 is 5.32 Å². The van der Waals surface area contributed by atoms with Gasteiger partial charge in [0.15, 0.2) is 0 Å². The van der Waals surface area contributed by atoms with Crippen LogP contribution in [0.3, 0.4) is 0 Å². The molecular weight excluding hydrogens is 258 g/mol. The first kappa shape index (κ1) is 13.9. The Morgan fingerprint density at radius 1 is 1.58 bits per heavy atom. The van der Waals surface area contributed by atoms with Gasteiger partial charge in [0, 0.05) is 24.7 Å². The van der Waals surface area contributed by atoms with Crippen molar-refractivity contribution in [1.29, 1.82) is 5.26 Å². The quantitative estimate of drug-likeness (QED) is 0.906. The van der Waals surface area contributed by atoms with E-state index in [-0.39, 0.29) is 11.9 Å². The van der Waals surface area contributed by atoms with E-state index in [1.807, 2.05) is 25.1 Å². The molecule has 1 atom stereocenters. The first-order valence-corrected chi connectivity index (χ1v) is 7.49. The fraction of sp³-hybridized carbons (Fsp3) is 0.429. The first-order chi connectivity index (χ1) is 9.26. The van der Waals surface area contributed by atoms with Gasteiger partial charge in [-0.15, -0.1) is 11.8 Å². The maximum Gasteiger partial charge on any atom is 0.240 e. The highest BCUT2D eigenvalue weighted by Gasteiger charge is 2.26. The lowest BCUT2D eigenvalue weighted by Gasteiger charge is -2.24. The Balaban J connectivity index is 2.10. The topological polar surface area (TPSA) is 56.1 Å². The zero-order valence-electron chi connectivity index (χ0n) is 10.9. The normalized spacial score (nSPS) is 18.0. The number of amides is 1. The lowest BCUT2D eigenvalue weighted by Crippen LogP contribution is -2.44. The van der Waals surface area contributed by atoms with Gasteiger partial charge in [-0.2, -0.15) is 5.26 Å². The number of hydrogen-bond donors (Lipinski definition) is 1. The summed E-state index contributed by atoms with van der Waals surface area (Å²) in [6, 6.07) is 9.53. The number of likely N-dealkylation sites (N-methyl/N-ethyl adjacent to an activating group) is 1. The Bertz CT molecular complexity index is 492. The fourth-order valence-electron chi connectivity index (χ4n) is 2.09. The molecule has 2 rings (SSSR count). The van der Waals surface area contributed by atoms with Gasteiger partial charge in [0.05, 0.1) is 17.7 Å². The maximum atomic E-state index is 12.3. The summed E-state index contributed by atoms with van der Waals surface area (Å²) < 4.78 is 0. The molecule has 1 saturated heterocycles. The molecule has 1 fully saturated rings. The van der Waals surface area contributed by atoms with Gasteiger partial charge in [-0.05, 0) is 18.6 Å². The number of nitrogens with one attached hydrogen (secondary N) is 1. The Morgan fingerprint density at radius 2 is 2.37 bits per heavy atom. The van der Waals surface area contributed by atoms with Gasteiger partial charge in [-0.25, -0.2) is 0 Å². The van der Waals surface area contributed by atoms with E-state index in [0.717, 1.165) is 17.2 Å². The molecule has 1 N–H and O–H groups in total. The minimum atomic E-state index is -0.0841. The van der Waals surface area contributed by atoms with E-state index in [4.69, 9.17) is 5.26 Å². The highest BCUT2D eigenvalue weighted by molar-refractivity contribution is 7.99. The van der Waals surface area contributed by atoms with Crippen LogP contribution in [0.15, 0.2) is 24.3 Å². The Morgan fingerprint density at radius 3 is 3.00 bits per heavy atom. The van der Waals surface area contributed by atoms with Gasteiger partial charge < -0.3 is 4.90 Å². The molecule has 4 nitrogen and oxygen atoms in total. The summed E-state index contributed by atoms with van der Waals surface area (Å²) >= 11 is 1.74. The standard InChI is InChI=1S/C14H17N3OS/c1-2-17(14(18)13-9-19-10-16-13)8-12-6-4-3-5-11(12)7-15/h3-6,13,16H,2,8-10H2,1H3. The molecule has 1 aromatic carbocycles. The third-order valence-electron chi connectivity index (χ3n) is 3.21. The van der Waals surface area contributed by atoms with Crippen LogP contribution in [0.1, 0.15) is 18.1 Å². The summed E-state index contributed by atoms with van der Waals surface area (Å²) in [5.74, 6) is 1.79. The summed E-state index contributed by atoms with van der Waals surface area (Å²) in [6.07, 6.45) is 0. The predicted molar refractivity (Wildman–Crippen MR) is 76.5 cm³/mol.